The summed E-state index contributed by atoms with van der Waals surface area (Å²) in [6.45, 7) is 8.07. The van der Waals surface area contributed by atoms with Crippen molar-refractivity contribution >= 4 is 11.9 Å². The normalized spacial score (nSPS) is 15.0. The van der Waals surface area contributed by atoms with Crippen molar-refractivity contribution in [3.63, 3.8) is 0 Å². The second-order valence-corrected chi connectivity index (χ2v) is 7.26. The van der Waals surface area contributed by atoms with Crippen LogP contribution in [0, 0.1) is 5.92 Å². The van der Waals surface area contributed by atoms with Gasteiger partial charge in [0, 0.05) is 19.6 Å². The van der Waals surface area contributed by atoms with E-state index in [-0.39, 0.29) is 6.10 Å². The summed E-state index contributed by atoms with van der Waals surface area (Å²) in [4.78, 5) is 13.2. The van der Waals surface area contributed by atoms with Gasteiger partial charge in [0.15, 0.2) is 0 Å². The number of anilines is 2. The molecule has 0 unspecified atom stereocenters. The van der Waals surface area contributed by atoms with Gasteiger partial charge < -0.3 is 30.6 Å². The van der Waals surface area contributed by atoms with Gasteiger partial charge in [-0.3, -0.25) is 0 Å². The van der Waals surface area contributed by atoms with E-state index in [0.717, 1.165) is 6.54 Å². The third kappa shape index (κ3) is 9.48. The molecule has 9 nitrogen and oxygen atoms in total. The number of nitrogens with two attached hydrogens (primary N) is 1. The molecule has 0 amide bonds. The van der Waals surface area contributed by atoms with E-state index in [0.29, 0.717) is 63.3 Å². The van der Waals surface area contributed by atoms with Gasteiger partial charge in [0.1, 0.15) is 0 Å². The van der Waals surface area contributed by atoms with Crippen LogP contribution in [-0.4, -0.2) is 67.1 Å². The van der Waals surface area contributed by atoms with Gasteiger partial charge in [0.2, 0.25) is 11.9 Å². The van der Waals surface area contributed by atoms with Crippen LogP contribution in [0.15, 0.2) is 0 Å². The van der Waals surface area contributed by atoms with Crippen molar-refractivity contribution in [2.45, 2.75) is 52.1 Å². The first-order valence-corrected chi connectivity index (χ1v) is 10.4. The second kappa shape index (κ2) is 13.5. The molecular formula is C19H36N6O3. The number of hydrogen-bond acceptors (Lipinski definition) is 9. The van der Waals surface area contributed by atoms with Gasteiger partial charge in [0.25, 0.3) is 0 Å². The molecule has 1 aliphatic rings. The van der Waals surface area contributed by atoms with Crippen LogP contribution in [0.4, 0.5) is 11.9 Å². The predicted octanol–water partition coefficient (Wildman–Crippen LogP) is 2.05. The van der Waals surface area contributed by atoms with Crippen LogP contribution in [0.1, 0.15) is 46.0 Å². The van der Waals surface area contributed by atoms with Crippen LogP contribution in [0.2, 0.25) is 0 Å². The Labute approximate surface area is 168 Å². The first kappa shape index (κ1) is 22.6. The second-order valence-electron chi connectivity index (χ2n) is 7.26. The van der Waals surface area contributed by atoms with Gasteiger partial charge in [-0.1, -0.05) is 19.3 Å². The van der Waals surface area contributed by atoms with Gasteiger partial charge in [-0.15, -0.1) is 0 Å². The Morgan fingerprint density at radius 2 is 1.61 bits per heavy atom. The first-order chi connectivity index (χ1) is 13.7. The highest BCUT2D eigenvalue weighted by atomic mass is 16.5. The minimum atomic E-state index is -0.00158. The molecule has 0 spiro atoms. The monoisotopic (exact) mass is 396 g/mol. The summed E-state index contributed by atoms with van der Waals surface area (Å²) in [5.74, 6) is 1.72. The molecule has 0 saturated heterocycles. The zero-order valence-electron chi connectivity index (χ0n) is 17.3. The molecule has 1 saturated carbocycles. The lowest BCUT2D eigenvalue weighted by molar-refractivity contribution is 0.0547. The third-order valence-corrected chi connectivity index (χ3v) is 4.39. The van der Waals surface area contributed by atoms with Crippen molar-refractivity contribution in [2.75, 3.05) is 56.7 Å². The Morgan fingerprint density at radius 3 is 2.29 bits per heavy atom. The van der Waals surface area contributed by atoms with Crippen LogP contribution in [-0.2, 0) is 9.47 Å². The Morgan fingerprint density at radius 1 is 0.929 bits per heavy atom. The fourth-order valence-electron chi connectivity index (χ4n) is 3.05. The average Bonchev–Trinajstić information content (AvgIpc) is 2.69. The van der Waals surface area contributed by atoms with Crippen molar-refractivity contribution in [3.05, 3.63) is 0 Å². The number of rotatable bonds is 14. The first-order valence-electron chi connectivity index (χ1n) is 10.4. The smallest absolute Gasteiger partial charge is 0.323 e. The maximum absolute atomic E-state index is 5.67. The summed E-state index contributed by atoms with van der Waals surface area (Å²) in [6.07, 6.45) is 6.52. The largest absolute Gasteiger partial charge is 0.461 e. The molecule has 1 heterocycles. The van der Waals surface area contributed by atoms with Crippen molar-refractivity contribution in [2.24, 2.45) is 11.7 Å². The summed E-state index contributed by atoms with van der Waals surface area (Å²) in [7, 11) is 0. The van der Waals surface area contributed by atoms with E-state index in [1.165, 1.54) is 32.1 Å². The van der Waals surface area contributed by atoms with Crippen LogP contribution in [0.3, 0.4) is 0 Å². The molecule has 9 heteroatoms. The van der Waals surface area contributed by atoms with Crippen LogP contribution in [0.25, 0.3) is 0 Å². The molecule has 28 heavy (non-hydrogen) atoms. The fourth-order valence-corrected chi connectivity index (χ4v) is 3.05. The van der Waals surface area contributed by atoms with E-state index in [4.69, 9.17) is 19.9 Å². The summed E-state index contributed by atoms with van der Waals surface area (Å²) >= 11 is 0. The standard InChI is InChI=1S/C19H36N6O3/c1-15(2)28-19-24-17(21-9-11-27-13-12-26-10-8-20)23-18(25-19)22-14-16-6-4-3-5-7-16/h15-16H,3-14,20H2,1-2H3,(H2,21,22,23,24,25). The van der Waals surface area contributed by atoms with Gasteiger partial charge in [-0.05, 0) is 32.6 Å². The molecule has 1 aromatic heterocycles. The maximum Gasteiger partial charge on any atom is 0.323 e. The molecule has 0 aliphatic heterocycles. The lowest BCUT2D eigenvalue weighted by Gasteiger charge is -2.21. The predicted molar refractivity (Wildman–Crippen MR) is 110 cm³/mol. The van der Waals surface area contributed by atoms with Gasteiger partial charge in [-0.2, -0.15) is 15.0 Å². The minimum absolute atomic E-state index is 0.00158. The number of hydrogen-bond donors (Lipinski definition) is 3. The average molecular weight is 397 g/mol. The molecule has 0 aromatic carbocycles. The van der Waals surface area contributed by atoms with Crippen molar-refractivity contribution in [1.29, 1.82) is 0 Å². The van der Waals surface area contributed by atoms with Crippen molar-refractivity contribution in [1.82, 2.24) is 15.0 Å². The molecule has 4 N–H and O–H groups in total. The van der Waals surface area contributed by atoms with Crippen LogP contribution >= 0.6 is 0 Å². The zero-order valence-corrected chi connectivity index (χ0v) is 17.3. The van der Waals surface area contributed by atoms with Crippen molar-refractivity contribution < 1.29 is 14.2 Å². The molecular weight excluding hydrogens is 360 g/mol. The van der Waals surface area contributed by atoms with Crippen LogP contribution < -0.4 is 21.1 Å². The number of aromatic nitrogens is 3. The molecule has 1 aliphatic carbocycles. The van der Waals surface area contributed by atoms with E-state index >= 15 is 0 Å². The summed E-state index contributed by atoms with van der Waals surface area (Å²) in [6, 6.07) is 0.328. The topological polar surface area (TPSA) is 116 Å². The number of nitrogens with zero attached hydrogens (tertiary/aromatic N) is 3. The minimum Gasteiger partial charge on any atom is -0.461 e. The van der Waals surface area contributed by atoms with E-state index < -0.39 is 0 Å². The molecule has 1 aromatic rings. The highest BCUT2D eigenvalue weighted by Crippen LogP contribution is 2.24. The third-order valence-electron chi connectivity index (χ3n) is 4.39. The molecule has 0 radical (unpaired) electrons. The van der Waals surface area contributed by atoms with E-state index in [9.17, 15) is 0 Å². The summed E-state index contributed by atoms with van der Waals surface area (Å²) in [5, 5.41) is 6.53. The van der Waals surface area contributed by atoms with Crippen LogP contribution in [0.5, 0.6) is 6.01 Å². The molecule has 0 atom stereocenters. The molecule has 160 valence electrons. The lowest BCUT2D eigenvalue weighted by Crippen LogP contribution is -2.20. The molecule has 2 rings (SSSR count). The van der Waals surface area contributed by atoms with E-state index in [1.807, 2.05) is 13.8 Å². The fraction of sp³-hybridized carbons (Fsp3) is 0.842. The Hall–Kier alpha value is -1.71. The Balaban J connectivity index is 1.80. The van der Waals surface area contributed by atoms with Crippen molar-refractivity contribution in [3.8, 4) is 6.01 Å². The maximum atomic E-state index is 5.67. The molecule has 0 bridgehead atoms. The highest BCUT2D eigenvalue weighted by Gasteiger charge is 2.15. The van der Waals surface area contributed by atoms with Gasteiger partial charge in [-0.25, -0.2) is 0 Å². The number of nitrogens with one attached hydrogen (secondary N) is 2. The summed E-state index contributed by atoms with van der Waals surface area (Å²) in [5.41, 5.74) is 5.36. The number of ether oxygens (including phenoxy) is 3. The Bertz CT molecular complexity index is 540. The van der Waals surface area contributed by atoms with Gasteiger partial charge >= 0.3 is 6.01 Å². The highest BCUT2D eigenvalue weighted by molar-refractivity contribution is 5.36. The lowest BCUT2D eigenvalue weighted by atomic mass is 9.89. The van der Waals surface area contributed by atoms with E-state index in [2.05, 4.69) is 25.6 Å². The molecule has 1 fully saturated rings. The zero-order chi connectivity index (χ0) is 20.0. The Kier molecular flexibility index (Phi) is 10.9. The van der Waals surface area contributed by atoms with E-state index in [1.54, 1.807) is 0 Å². The SMILES string of the molecule is CC(C)Oc1nc(NCCOCCOCCN)nc(NCC2CCCCC2)n1. The quantitative estimate of drug-likeness (QED) is 0.406. The van der Waals surface area contributed by atoms with Gasteiger partial charge in [0.05, 0.1) is 32.5 Å². The summed E-state index contributed by atoms with van der Waals surface area (Å²) < 4.78 is 16.4.